The van der Waals surface area contributed by atoms with E-state index in [1.165, 1.54) is 30.3 Å². The molecule has 1 aliphatic heterocycles. The molecule has 0 saturated heterocycles. The maximum absolute atomic E-state index is 13.1. The van der Waals surface area contributed by atoms with Gasteiger partial charge in [0.2, 0.25) is 0 Å². The number of carbonyl (C=O) groups is 4. The molecule has 0 fully saturated rings. The predicted octanol–water partition coefficient (Wildman–Crippen LogP) is 0.890. The minimum absolute atomic E-state index is 0.000548. The van der Waals surface area contributed by atoms with Crippen molar-refractivity contribution >= 4 is 29.4 Å². The summed E-state index contributed by atoms with van der Waals surface area (Å²) in [6, 6.07) is 7.44. The van der Waals surface area contributed by atoms with Crippen LogP contribution in [-0.4, -0.2) is 48.6 Å². The molecule has 1 aliphatic rings. The fraction of sp³-hybridized carbons (Fsp3) is 0.158. The molecule has 1 atom stereocenters. The van der Waals surface area contributed by atoms with Crippen LogP contribution in [0.4, 0.5) is 10.1 Å². The van der Waals surface area contributed by atoms with Crippen molar-refractivity contribution in [3.63, 3.8) is 0 Å². The largest absolute Gasteiger partial charge is 0.467 e. The summed E-state index contributed by atoms with van der Waals surface area (Å²) in [4.78, 5) is 49.9. The Morgan fingerprint density at radius 2 is 1.75 bits per heavy atom. The smallest absolute Gasteiger partial charge is 0.330 e. The molecule has 0 aliphatic carbocycles. The third-order valence-electron chi connectivity index (χ3n) is 4.21. The zero-order chi connectivity index (χ0) is 20.4. The van der Waals surface area contributed by atoms with E-state index in [2.05, 4.69) is 10.1 Å². The third-order valence-corrected chi connectivity index (χ3v) is 4.21. The number of rotatable bonds is 5. The molecule has 2 aromatic rings. The van der Waals surface area contributed by atoms with E-state index in [0.29, 0.717) is 0 Å². The Bertz CT molecular complexity index is 973. The van der Waals surface area contributed by atoms with Crippen molar-refractivity contribution in [1.82, 2.24) is 5.32 Å². The lowest BCUT2D eigenvalue weighted by atomic mass is 10.0. The minimum Gasteiger partial charge on any atom is -0.467 e. The summed E-state index contributed by atoms with van der Waals surface area (Å²) >= 11 is 0. The molecule has 3 rings (SSSR count). The number of benzene rings is 2. The van der Waals surface area contributed by atoms with Gasteiger partial charge in [-0.25, -0.2) is 14.1 Å². The zero-order valence-electron chi connectivity index (χ0n) is 14.6. The number of ether oxygens (including phenoxy) is 1. The maximum atomic E-state index is 13.1. The highest BCUT2D eigenvalue weighted by molar-refractivity contribution is 6.34. The van der Waals surface area contributed by atoms with Gasteiger partial charge in [-0.3, -0.25) is 14.4 Å². The third kappa shape index (κ3) is 3.35. The topological polar surface area (TPSA) is 113 Å². The van der Waals surface area contributed by atoms with Crippen molar-refractivity contribution in [3.05, 3.63) is 65.0 Å². The predicted molar refractivity (Wildman–Crippen MR) is 94.3 cm³/mol. The molecule has 0 spiro atoms. The molecule has 2 aromatic carbocycles. The first-order valence-corrected chi connectivity index (χ1v) is 8.15. The van der Waals surface area contributed by atoms with Crippen molar-refractivity contribution in [2.45, 2.75) is 6.04 Å². The first-order valence-electron chi connectivity index (χ1n) is 8.15. The second-order valence-corrected chi connectivity index (χ2v) is 5.91. The molecule has 0 radical (unpaired) electrons. The Labute approximate surface area is 158 Å². The van der Waals surface area contributed by atoms with Crippen LogP contribution in [0.1, 0.15) is 31.1 Å². The maximum Gasteiger partial charge on any atom is 0.330 e. The second kappa shape index (κ2) is 7.57. The summed E-state index contributed by atoms with van der Waals surface area (Å²) in [6.45, 7) is -0.668. The standard InChI is InChI=1S/C19H15FN2O6/c1-28-19(27)15(9-23)21-16(24)10-2-7-13-14(8-10)18(26)22(17(13)25)12-5-3-11(20)4-6-12/h2-8,15,23H,9H2,1H3,(H,21,24)/t15-/m0/s1. The summed E-state index contributed by atoms with van der Waals surface area (Å²) in [5.41, 5.74) is 0.311. The first kappa shape index (κ1) is 19.2. The van der Waals surface area contributed by atoms with Gasteiger partial charge >= 0.3 is 5.97 Å². The number of fused-ring (bicyclic) bond motifs is 1. The highest BCUT2D eigenvalue weighted by Gasteiger charge is 2.37. The van der Waals surface area contributed by atoms with Gasteiger partial charge in [0.15, 0.2) is 6.04 Å². The van der Waals surface area contributed by atoms with Crippen LogP contribution in [-0.2, 0) is 9.53 Å². The quantitative estimate of drug-likeness (QED) is 0.583. The van der Waals surface area contributed by atoms with Gasteiger partial charge in [0.05, 0.1) is 30.5 Å². The number of nitrogens with zero attached hydrogens (tertiary/aromatic N) is 1. The number of amides is 3. The fourth-order valence-electron chi connectivity index (χ4n) is 2.77. The number of halogens is 1. The monoisotopic (exact) mass is 386 g/mol. The Morgan fingerprint density at radius 1 is 1.11 bits per heavy atom. The number of carbonyl (C=O) groups excluding carboxylic acids is 4. The Hall–Kier alpha value is -3.59. The summed E-state index contributed by atoms with van der Waals surface area (Å²) in [5, 5.41) is 11.5. The van der Waals surface area contributed by atoms with Crippen molar-refractivity contribution < 1.29 is 33.4 Å². The van der Waals surface area contributed by atoms with Crippen LogP contribution in [0.15, 0.2) is 42.5 Å². The zero-order valence-corrected chi connectivity index (χ0v) is 14.6. The number of hydrogen-bond acceptors (Lipinski definition) is 6. The molecule has 0 saturated carbocycles. The Kier molecular flexibility index (Phi) is 5.18. The average molecular weight is 386 g/mol. The summed E-state index contributed by atoms with van der Waals surface area (Å²) in [7, 11) is 1.11. The lowest BCUT2D eigenvalue weighted by Gasteiger charge is -2.14. The number of methoxy groups -OCH3 is 1. The summed E-state index contributed by atoms with van der Waals surface area (Å²) in [6.07, 6.45) is 0. The van der Waals surface area contributed by atoms with E-state index in [1.807, 2.05) is 0 Å². The molecule has 2 N–H and O–H groups in total. The average Bonchev–Trinajstić information content (AvgIpc) is 2.96. The van der Waals surface area contributed by atoms with Crippen LogP contribution in [0.3, 0.4) is 0 Å². The number of aliphatic hydroxyl groups is 1. The molecule has 3 amide bonds. The van der Waals surface area contributed by atoms with Crippen LogP contribution in [0.25, 0.3) is 0 Å². The molecule has 0 aromatic heterocycles. The number of nitrogens with one attached hydrogen (secondary N) is 1. The molecule has 0 bridgehead atoms. The Morgan fingerprint density at radius 3 is 2.36 bits per heavy atom. The molecular weight excluding hydrogens is 371 g/mol. The van der Waals surface area contributed by atoms with Crippen molar-refractivity contribution in [2.75, 3.05) is 18.6 Å². The first-order chi connectivity index (χ1) is 13.4. The van der Waals surface area contributed by atoms with E-state index in [-0.39, 0.29) is 22.4 Å². The van der Waals surface area contributed by atoms with Crippen LogP contribution >= 0.6 is 0 Å². The molecule has 0 unspecified atom stereocenters. The van der Waals surface area contributed by atoms with Gasteiger partial charge < -0.3 is 15.2 Å². The van der Waals surface area contributed by atoms with Crippen LogP contribution in [0.2, 0.25) is 0 Å². The van der Waals surface area contributed by atoms with E-state index < -0.39 is 42.2 Å². The number of aliphatic hydroxyl groups excluding tert-OH is 1. The SMILES string of the molecule is COC(=O)[C@H](CO)NC(=O)c1ccc2c(c1)C(=O)N(c1ccc(F)cc1)C2=O. The summed E-state index contributed by atoms with van der Waals surface area (Å²) in [5.74, 6) is -3.32. The summed E-state index contributed by atoms with van der Waals surface area (Å²) < 4.78 is 17.6. The number of hydrogen-bond donors (Lipinski definition) is 2. The molecule has 9 heteroatoms. The van der Waals surface area contributed by atoms with Crippen molar-refractivity contribution in [1.29, 1.82) is 0 Å². The van der Waals surface area contributed by atoms with Gasteiger partial charge in [0.1, 0.15) is 5.82 Å². The van der Waals surface area contributed by atoms with E-state index in [4.69, 9.17) is 0 Å². The number of imide groups is 1. The lowest BCUT2D eigenvalue weighted by Crippen LogP contribution is -2.44. The van der Waals surface area contributed by atoms with Gasteiger partial charge in [0.25, 0.3) is 17.7 Å². The molecule has 28 heavy (non-hydrogen) atoms. The van der Waals surface area contributed by atoms with Gasteiger partial charge in [-0.15, -0.1) is 0 Å². The molecule has 1 heterocycles. The van der Waals surface area contributed by atoms with E-state index in [9.17, 15) is 28.7 Å². The second-order valence-electron chi connectivity index (χ2n) is 5.91. The highest BCUT2D eigenvalue weighted by atomic mass is 19.1. The molecule has 8 nitrogen and oxygen atoms in total. The fourth-order valence-corrected chi connectivity index (χ4v) is 2.77. The Balaban J connectivity index is 1.88. The van der Waals surface area contributed by atoms with Crippen molar-refractivity contribution in [2.24, 2.45) is 0 Å². The van der Waals surface area contributed by atoms with E-state index in [0.717, 1.165) is 24.1 Å². The number of esters is 1. The van der Waals surface area contributed by atoms with Crippen LogP contribution in [0, 0.1) is 5.82 Å². The minimum atomic E-state index is -1.26. The lowest BCUT2D eigenvalue weighted by molar-refractivity contribution is -0.143. The number of anilines is 1. The van der Waals surface area contributed by atoms with Crippen LogP contribution in [0.5, 0.6) is 0 Å². The van der Waals surface area contributed by atoms with Gasteiger partial charge in [-0.05, 0) is 42.5 Å². The van der Waals surface area contributed by atoms with Crippen molar-refractivity contribution in [3.8, 4) is 0 Å². The molecule has 144 valence electrons. The van der Waals surface area contributed by atoms with Gasteiger partial charge in [-0.1, -0.05) is 0 Å². The highest BCUT2D eigenvalue weighted by Crippen LogP contribution is 2.29. The normalized spacial score (nSPS) is 13.9. The van der Waals surface area contributed by atoms with E-state index >= 15 is 0 Å². The van der Waals surface area contributed by atoms with Crippen LogP contribution < -0.4 is 10.2 Å². The molecular formula is C19H15FN2O6. The van der Waals surface area contributed by atoms with Gasteiger partial charge in [0, 0.05) is 5.56 Å². The van der Waals surface area contributed by atoms with Gasteiger partial charge in [-0.2, -0.15) is 0 Å². The van der Waals surface area contributed by atoms with E-state index in [1.54, 1.807) is 0 Å².